The van der Waals surface area contributed by atoms with Crippen molar-refractivity contribution in [2.24, 2.45) is 0 Å². The summed E-state index contributed by atoms with van der Waals surface area (Å²) in [5.41, 5.74) is 0.967. The minimum absolute atomic E-state index is 0.163. The number of nitrogens with zero attached hydrogens (tertiary/aromatic N) is 4. The highest BCUT2D eigenvalue weighted by Gasteiger charge is 2.25. The van der Waals surface area contributed by atoms with Crippen molar-refractivity contribution >= 4 is 34.0 Å². The molecule has 0 radical (unpaired) electrons. The molecule has 1 aromatic heterocycles. The van der Waals surface area contributed by atoms with Crippen molar-refractivity contribution in [2.75, 3.05) is 31.3 Å². The summed E-state index contributed by atoms with van der Waals surface area (Å²) in [6.07, 6.45) is 3.15. The zero-order valence-electron chi connectivity index (χ0n) is 15.0. The third-order valence-corrected chi connectivity index (χ3v) is 4.62. The standard InChI is InChI=1S/C20H18N4O4/c25-19(20(26)27)16-5-6-17(15-4-2-1-3-14(15)16)24(18-7-8-21-13-22-18)23-9-11-28-12-10-23/h1-8,13H,9-12H2,(H,26,27). The van der Waals surface area contributed by atoms with Gasteiger partial charge in [0.15, 0.2) is 5.82 Å². The molecule has 1 N–H and O–H groups in total. The number of carbonyl (C=O) groups is 2. The predicted molar refractivity (Wildman–Crippen MR) is 102 cm³/mol. The van der Waals surface area contributed by atoms with E-state index in [0.717, 1.165) is 11.1 Å². The third kappa shape index (κ3) is 3.30. The summed E-state index contributed by atoms with van der Waals surface area (Å²) in [5, 5.41) is 14.6. The molecular formula is C20H18N4O4. The van der Waals surface area contributed by atoms with E-state index in [2.05, 4.69) is 15.0 Å². The summed E-state index contributed by atoms with van der Waals surface area (Å²) in [5.74, 6) is -1.72. The van der Waals surface area contributed by atoms with E-state index in [4.69, 9.17) is 9.84 Å². The Morgan fingerprint density at radius 1 is 1.04 bits per heavy atom. The van der Waals surface area contributed by atoms with E-state index in [1.165, 1.54) is 6.33 Å². The van der Waals surface area contributed by atoms with Gasteiger partial charge in [0.2, 0.25) is 0 Å². The topological polar surface area (TPSA) is 95.9 Å². The molecule has 1 saturated heterocycles. The monoisotopic (exact) mass is 378 g/mol. The van der Waals surface area contributed by atoms with Crippen LogP contribution in [-0.2, 0) is 9.53 Å². The number of ketones is 1. The second-order valence-electron chi connectivity index (χ2n) is 6.26. The molecule has 2 heterocycles. The number of carbonyl (C=O) groups excluding carboxylic acids is 1. The Labute approximate surface area is 161 Å². The molecule has 8 nitrogen and oxygen atoms in total. The fourth-order valence-corrected chi connectivity index (χ4v) is 3.36. The molecule has 0 unspecified atom stereocenters. The van der Waals surface area contributed by atoms with E-state index in [1.54, 1.807) is 36.5 Å². The first-order chi connectivity index (χ1) is 13.7. The second-order valence-corrected chi connectivity index (χ2v) is 6.26. The molecule has 0 saturated carbocycles. The molecule has 8 heteroatoms. The number of benzene rings is 2. The highest BCUT2D eigenvalue weighted by molar-refractivity contribution is 6.42. The van der Waals surface area contributed by atoms with Gasteiger partial charge in [0.05, 0.1) is 18.9 Å². The maximum atomic E-state index is 12.2. The van der Waals surface area contributed by atoms with E-state index in [9.17, 15) is 9.59 Å². The number of hydrazine groups is 1. The van der Waals surface area contributed by atoms with Crippen molar-refractivity contribution < 1.29 is 19.4 Å². The SMILES string of the molecule is O=C(O)C(=O)c1ccc(N(c2ccncn2)N2CCOCC2)c2ccccc12. The van der Waals surface area contributed by atoms with Gasteiger partial charge in [-0.15, -0.1) is 0 Å². The van der Waals surface area contributed by atoms with E-state index in [0.29, 0.717) is 37.5 Å². The van der Waals surface area contributed by atoms with E-state index in [-0.39, 0.29) is 5.56 Å². The number of aliphatic carboxylic acids is 1. The number of ether oxygens (including phenoxy) is 1. The van der Waals surface area contributed by atoms with Crippen molar-refractivity contribution in [1.82, 2.24) is 15.0 Å². The molecular weight excluding hydrogens is 360 g/mol. The summed E-state index contributed by atoms with van der Waals surface area (Å²) in [7, 11) is 0. The first kappa shape index (κ1) is 18.0. The van der Waals surface area contributed by atoms with Crippen LogP contribution in [0.5, 0.6) is 0 Å². The number of aromatic nitrogens is 2. The van der Waals surface area contributed by atoms with Gasteiger partial charge < -0.3 is 9.84 Å². The van der Waals surface area contributed by atoms with Crippen molar-refractivity contribution in [3.05, 3.63) is 60.6 Å². The molecule has 0 bridgehead atoms. The van der Waals surface area contributed by atoms with Gasteiger partial charge >= 0.3 is 5.97 Å². The van der Waals surface area contributed by atoms with Crippen molar-refractivity contribution in [3.8, 4) is 0 Å². The van der Waals surface area contributed by atoms with Crippen molar-refractivity contribution in [2.45, 2.75) is 0 Å². The minimum Gasteiger partial charge on any atom is -0.475 e. The molecule has 1 fully saturated rings. The number of hydrogen-bond acceptors (Lipinski definition) is 7. The summed E-state index contributed by atoms with van der Waals surface area (Å²) in [6.45, 7) is 2.53. The lowest BCUT2D eigenvalue weighted by molar-refractivity contribution is -0.131. The van der Waals surface area contributed by atoms with Crippen molar-refractivity contribution in [3.63, 3.8) is 0 Å². The Morgan fingerprint density at radius 3 is 2.46 bits per heavy atom. The maximum absolute atomic E-state index is 12.2. The van der Waals surface area contributed by atoms with Crippen LogP contribution in [0.4, 0.5) is 11.5 Å². The average molecular weight is 378 g/mol. The van der Waals surface area contributed by atoms with Crippen LogP contribution in [-0.4, -0.2) is 58.1 Å². The van der Waals surface area contributed by atoms with E-state index in [1.807, 2.05) is 17.1 Å². The molecule has 0 atom stereocenters. The number of morpholine rings is 1. The molecule has 0 aliphatic carbocycles. The maximum Gasteiger partial charge on any atom is 0.377 e. The van der Waals surface area contributed by atoms with E-state index >= 15 is 0 Å². The molecule has 28 heavy (non-hydrogen) atoms. The highest BCUT2D eigenvalue weighted by atomic mass is 16.5. The second kappa shape index (κ2) is 7.71. The molecule has 0 amide bonds. The number of rotatable bonds is 5. The van der Waals surface area contributed by atoms with Gasteiger partial charge in [-0.1, -0.05) is 24.3 Å². The zero-order valence-corrected chi connectivity index (χ0v) is 15.0. The molecule has 0 spiro atoms. The highest BCUT2D eigenvalue weighted by Crippen LogP contribution is 2.34. The van der Waals surface area contributed by atoms with Crippen LogP contribution < -0.4 is 5.01 Å². The number of Topliss-reactive ketones (excluding diaryl/α,β-unsaturated/α-hetero) is 1. The Hall–Kier alpha value is -3.36. The van der Waals surface area contributed by atoms with Crippen molar-refractivity contribution in [1.29, 1.82) is 0 Å². The Kier molecular flexibility index (Phi) is 4.96. The number of carboxylic acids is 1. The van der Waals surface area contributed by atoms with Gasteiger partial charge in [-0.2, -0.15) is 0 Å². The summed E-state index contributed by atoms with van der Waals surface area (Å²) >= 11 is 0. The van der Waals surface area contributed by atoms with Crippen LogP contribution in [0, 0.1) is 0 Å². The molecule has 2 aromatic carbocycles. The van der Waals surface area contributed by atoms with Gasteiger partial charge in [-0.3, -0.25) is 9.80 Å². The summed E-state index contributed by atoms with van der Waals surface area (Å²) in [4.78, 5) is 31.8. The Bertz CT molecular complexity index is 1020. The lowest BCUT2D eigenvalue weighted by Crippen LogP contribution is -2.47. The Morgan fingerprint density at radius 2 is 1.79 bits per heavy atom. The van der Waals surface area contributed by atoms with Crippen LogP contribution in [0.25, 0.3) is 10.8 Å². The largest absolute Gasteiger partial charge is 0.475 e. The molecule has 1 aliphatic rings. The Balaban J connectivity index is 1.90. The first-order valence-corrected chi connectivity index (χ1v) is 8.85. The lowest BCUT2D eigenvalue weighted by Gasteiger charge is -2.38. The predicted octanol–water partition coefficient (Wildman–Crippen LogP) is 2.28. The smallest absolute Gasteiger partial charge is 0.377 e. The van der Waals surface area contributed by atoms with Crippen LogP contribution in [0.15, 0.2) is 55.0 Å². The first-order valence-electron chi connectivity index (χ1n) is 8.85. The summed E-state index contributed by atoms with van der Waals surface area (Å²) < 4.78 is 5.48. The molecule has 1 aliphatic heterocycles. The van der Waals surface area contributed by atoms with E-state index < -0.39 is 11.8 Å². The normalized spacial score (nSPS) is 14.7. The molecule has 4 rings (SSSR count). The van der Waals surface area contributed by atoms with Gasteiger partial charge in [0, 0.05) is 36.3 Å². The van der Waals surface area contributed by atoms with Crippen LogP contribution in [0.1, 0.15) is 10.4 Å². The molecule has 142 valence electrons. The minimum atomic E-state index is -1.47. The van der Waals surface area contributed by atoms with Gasteiger partial charge in [-0.25, -0.2) is 19.8 Å². The van der Waals surface area contributed by atoms with Crippen LogP contribution in [0.3, 0.4) is 0 Å². The van der Waals surface area contributed by atoms with Gasteiger partial charge in [-0.05, 0) is 17.5 Å². The quantitative estimate of drug-likeness (QED) is 0.534. The number of carboxylic acid groups (broad SMARTS) is 1. The third-order valence-electron chi connectivity index (χ3n) is 4.62. The average Bonchev–Trinajstić information content (AvgIpc) is 2.75. The zero-order chi connectivity index (χ0) is 19.5. The fraction of sp³-hybridized carbons (Fsp3) is 0.200. The van der Waals surface area contributed by atoms with Crippen LogP contribution in [0.2, 0.25) is 0 Å². The van der Waals surface area contributed by atoms with Crippen LogP contribution >= 0.6 is 0 Å². The van der Waals surface area contributed by atoms with Gasteiger partial charge in [0.1, 0.15) is 6.33 Å². The lowest BCUT2D eigenvalue weighted by atomic mass is 9.99. The number of hydrogen-bond donors (Lipinski definition) is 1. The molecule has 3 aromatic rings. The summed E-state index contributed by atoms with van der Waals surface area (Å²) in [6, 6.07) is 12.4. The number of fused-ring (bicyclic) bond motifs is 1. The fourth-order valence-electron chi connectivity index (χ4n) is 3.36. The number of anilines is 2. The van der Waals surface area contributed by atoms with Gasteiger partial charge in [0.25, 0.3) is 5.78 Å².